The van der Waals surface area contributed by atoms with Crippen molar-refractivity contribution in [3.05, 3.63) is 0 Å². The number of hydrogen-bond donors (Lipinski definition) is 1. The maximum Gasteiger partial charge on any atom is 0.0695 e. The van der Waals surface area contributed by atoms with Gasteiger partial charge in [-0.05, 0) is 25.9 Å². The third-order valence-corrected chi connectivity index (χ3v) is 2.98. The van der Waals surface area contributed by atoms with Crippen molar-refractivity contribution in [1.82, 2.24) is 4.90 Å². The summed E-state index contributed by atoms with van der Waals surface area (Å²) < 4.78 is 0. The minimum atomic E-state index is -0.0707. The summed E-state index contributed by atoms with van der Waals surface area (Å²) in [6.45, 7) is 6.48. The van der Waals surface area contributed by atoms with E-state index in [4.69, 9.17) is 0 Å². The SMILES string of the molecule is CCN(CC)[C@@H]1CCCC[C@@H]1O. The van der Waals surface area contributed by atoms with Crippen molar-refractivity contribution in [2.45, 2.75) is 51.7 Å². The molecule has 0 spiro atoms. The van der Waals surface area contributed by atoms with E-state index in [2.05, 4.69) is 18.7 Å². The van der Waals surface area contributed by atoms with E-state index in [1.54, 1.807) is 0 Å². The number of likely N-dealkylation sites (N-methyl/N-ethyl adjacent to an activating group) is 1. The van der Waals surface area contributed by atoms with E-state index < -0.39 is 0 Å². The van der Waals surface area contributed by atoms with Crippen molar-refractivity contribution in [2.75, 3.05) is 13.1 Å². The molecular formula is C10H21NO. The second kappa shape index (κ2) is 4.83. The van der Waals surface area contributed by atoms with E-state index in [-0.39, 0.29) is 6.10 Å². The third kappa shape index (κ3) is 2.20. The normalized spacial score (nSPS) is 31.0. The standard InChI is InChI=1S/C10H21NO/c1-3-11(4-2)9-7-5-6-8-10(9)12/h9-10,12H,3-8H2,1-2H3/t9-,10+/m1/s1. The van der Waals surface area contributed by atoms with Crippen LogP contribution in [0.15, 0.2) is 0 Å². The van der Waals surface area contributed by atoms with Gasteiger partial charge in [0.15, 0.2) is 0 Å². The highest BCUT2D eigenvalue weighted by molar-refractivity contribution is 4.81. The molecule has 0 radical (unpaired) electrons. The monoisotopic (exact) mass is 171 g/mol. The molecule has 1 fully saturated rings. The van der Waals surface area contributed by atoms with Gasteiger partial charge in [0.05, 0.1) is 6.10 Å². The summed E-state index contributed by atoms with van der Waals surface area (Å²) in [6.07, 6.45) is 4.61. The molecule has 1 aliphatic rings. The second-order valence-corrected chi connectivity index (χ2v) is 3.64. The topological polar surface area (TPSA) is 23.5 Å². The van der Waals surface area contributed by atoms with Crippen molar-refractivity contribution in [2.24, 2.45) is 0 Å². The fourth-order valence-corrected chi connectivity index (χ4v) is 2.21. The summed E-state index contributed by atoms with van der Waals surface area (Å²) >= 11 is 0. The van der Waals surface area contributed by atoms with Crippen molar-refractivity contribution in [3.63, 3.8) is 0 Å². The van der Waals surface area contributed by atoms with Gasteiger partial charge < -0.3 is 5.11 Å². The first-order chi connectivity index (χ1) is 5.79. The Morgan fingerprint density at radius 2 is 1.75 bits per heavy atom. The quantitative estimate of drug-likeness (QED) is 0.697. The lowest BCUT2D eigenvalue weighted by Gasteiger charge is -2.36. The van der Waals surface area contributed by atoms with Gasteiger partial charge in [-0.15, -0.1) is 0 Å². The molecule has 0 amide bonds. The van der Waals surface area contributed by atoms with Gasteiger partial charge in [0.2, 0.25) is 0 Å². The third-order valence-electron chi connectivity index (χ3n) is 2.98. The van der Waals surface area contributed by atoms with Crippen LogP contribution >= 0.6 is 0 Å². The van der Waals surface area contributed by atoms with Crippen LogP contribution in [0.5, 0.6) is 0 Å². The molecule has 2 heteroatoms. The molecule has 1 aliphatic carbocycles. The first kappa shape index (κ1) is 10.0. The van der Waals surface area contributed by atoms with Crippen LogP contribution in [0.3, 0.4) is 0 Å². The summed E-state index contributed by atoms with van der Waals surface area (Å²) in [5.74, 6) is 0. The molecule has 0 unspecified atom stereocenters. The van der Waals surface area contributed by atoms with E-state index >= 15 is 0 Å². The zero-order valence-corrected chi connectivity index (χ0v) is 8.29. The van der Waals surface area contributed by atoms with Crippen molar-refractivity contribution < 1.29 is 5.11 Å². The highest BCUT2D eigenvalue weighted by Crippen LogP contribution is 2.22. The van der Waals surface area contributed by atoms with E-state index in [0.717, 1.165) is 19.5 Å². The number of aliphatic hydroxyl groups excluding tert-OH is 1. The maximum absolute atomic E-state index is 9.76. The van der Waals surface area contributed by atoms with Gasteiger partial charge in [0.1, 0.15) is 0 Å². The molecule has 0 saturated heterocycles. The Balaban J connectivity index is 2.45. The summed E-state index contributed by atoms with van der Waals surface area (Å²) in [5, 5.41) is 9.76. The number of nitrogens with zero attached hydrogens (tertiary/aromatic N) is 1. The molecule has 0 aliphatic heterocycles. The Hall–Kier alpha value is -0.0800. The van der Waals surface area contributed by atoms with Gasteiger partial charge in [0.25, 0.3) is 0 Å². The van der Waals surface area contributed by atoms with Crippen LogP contribution in [-0.4, -0.2) is 35.2 Å². The van der Waals surface area contributed by atoms with Gasteiger partial charge in [-0.3, -0.25) is 4.90 Å². The Labute approximate surface area is 75.6 Å². The lowest BCUT2D eigenvalue weighted by atomic mass is 9.91. The Bertz CT molecular complexity index is 123. The first-order valence-corrected chi connectivity index (χ1v) is 5.21. The zero-order valence-electron chi connectivity index (χ0n) is 8.29. The van der Waals surface area contributed by atoms with Crippen LogP contribution < -0.4 is 0 Å². The van der Waals surface area contributed by atoms with Crippen LogP contribution in [0.4, 0.5) is 0 Å². The number of rotatable bonds is 3. The Kier molecular flexibility index (Phi) is 4.02. The van der Waals surface area contributed by atoms with Crippen molar-refractivity contribution >= 4 is 0 Å². The average Bonchev–Trinajstić information content (AvgIpc) is 2.10. The minimum absolute atomic E-state index is 0.0707. The first-order valence-electron chi connectivity index (χ1n) is 5.21. The predicted molar refractivity (Wildman–Crippen MR) is 51.2 cm³/mol. The molecule has 1 N–H and O–H groups in total. The lowest BCUT2D eigenvalue weighted by molar-refractivity contribution is 0.0247. The lowest BCUT2D eigenvalue weighted by Crippen LogP contribution is -2.45. The molecule has 0 aromatic rings. The molecule has 1 rings (SSSR count). The van der Waals surface area contributed by atoms with Crippen LogP contribution in [0.2, 0.25) is 0 Å². The summed E-state index contributed by atoms with van der Waals surface area (Å²) in [7, 11) is 0. The van der Waals surface area contributed by atoms with Crippen LogP contribution in [-0.2, 0) is 0 Å². The van der Waals surface area contributed by atoms with E-state index in [9.17, 15) is 5.11 Å². The largest absolute Gasteiger partial charge is 0.391 e. The van der Waals surface area contributed by atoms with Crippen LogP contribution in [0.1, 0.15) is 39.5 Å². The van der Waals surface area contributed by atoms with Gasteiger partial charge in [-0.25, -0.2) is 0 Å². The average molecular weight is 171 g/mol. The van der Waals surface area contributed by atoms with E-state index in [0.29, 0.717) is 6.04 Å². The number of hydrogen-bond acceptors (Lipinski definition) is 2. The fourth-order valence-electron chi connectivity index (χ4n) is 2.21. The molecule has 2 atom stereocenters. The van der Waals surface area contributed by atoms with E-state index in [1.165, 1.54) is 19.3 Å². The molecule has 0 heterocycles. The zero-order chi connectivity index (χ0) is 8.97. The molecule has 2 nitrogen and oxygen atoms in total. The Morgan fingerprint density at radius 3 is 2.25 bits per heavy atom. The van der Waals surface area contributed by atoms with Crippen molar-refractivity contribution in [3.8, 4) is 0 Å². The summed E-state index contributed by atoms with van der Waals surface area (Å²) in [5.41, 5.74) is 0. The molecular weight excluding hydrogens is 150 g/mol. The molecule has 0 aromatic heterocycles. The minimum Gasteiger partial charge on any atom is -0.391 e. The van der Waals surface area contributed by atoms with Crippen molar-refractivity contribution in [1.29, 1.82) is 0 Å². The summed E-state index contributed by atoms with van der Waals surface area (Å²) in [6, 6.07) is 0.439. The van der Waals surface area contributed by atoms with Gasteiger partial charge in [0, 0.05) is 6.04 Å². The molecule has 72 valence electrons. The van der Waals surface area contributed by atoms with Gasteiger partial charge >= 0.3 is 0 Å². The maximum atomic E-state index is 9.76. The predicted octanol–water partition coefficient (Wildman–Crippen LogP) is 1.63. The fraction of sp³-hybridized carbons (Fsp3) is 1.00. The molecule has 12 heavy (non-hydrogen) atoms. The second-order valence-electron chi connectivity index (χ2n) is 3.64. The smallest absolute Gasteiger partial charge is 0.0695 e. The summed E-state index contributed by atoms with van der Waals surface area (Å²) in [4.78, 5) is 2.38. The molecule has 0 bridgehead atoms. The molecule has 1 saturated carbocycles. The van der Waals surface area contributed by atoms with Gasteiger partial charge in [-0.1, -0.05) is 26.7 Å². The van der Waals surface area contributed by atoms with E-state index in [1.807, 2.05) is 0 Å². The highest BCUT2D eigenvalue weighted by atomic mass is 16.3. The number of aliphatic hydroxyl groups is 1. The van der Waals surface area contributed by atoms with Gasteiger partial charge in [-0.2, -0.15) is 0 Å². The Morgan fingerprint density at radius 1 is 1.17 bits per heavy atom. The van der Waals surface area contributed by atoms with Crippen LogP contribution in [0.25, 0.3) is 0 Å². The molecule has 0 aromatic carbocycles. The van der Waals surface area contributed by atoms with Crippen LogP contribution in [0, 0.1) is 0 Å². The highest BCUT2D eigenvalue weighted by Gasteiger charge is 2.26.